The van der Waals surface area contributed by atoms with Crippen LogP contribution in [-0.4, -0.2) is 22.2 Å². The van der Waals surface area contributed by atoms with Gasteiger partial charge in [0.25, 0.3) is 0 Å². The number of hydrogen-bond donors (Lipinski definition) is 1. The van der Waals surface area contributed by atoms with E-state index in [0.29, 0.717) is 6.04 Å². The molecule has 2 aromatic rings. The molecule has 0 saturated carbocycles. The average Bonchev–Trinajstić information content (AvgIpc) is 2.56. The SMILES string of the molecule is CN[C@@H]1Cc2cccc3c2n(c(=S)n3C)C1. The second-order valence-corrected chi connectivity index (χ2v) is 4.79. The molecule has 0 radical (unpaired) electrons. The summed E-state index contributed by atoms with van der Waals surface area (Å²) in [5.74, 6) is 0. The van der Waals surface area contributed by atoms with Gasteiger partial charge in [0.2, 0.25) is 0 Å². The Morgan fingerprint density at radius 3 is 3.00 bits per heavy atom. The smallest absolute Gasteiger partial charge is 0.180 e. The monoisotopic (exact) mass is 233 g/mol. The fraction of sp³-hybridized carbons (Fsp3) is 0.417. The first kappa shape index (κ1) is 10.1. The van der Waals surface area contributed by atoms with Crippen LogP contribution in [0.2, 0.25) is 0 Å². The zero-order valence-corrected chi connectivity index (χ0v) is 10.3. The Labute approximate surface area is 99.7 Å². The molecule has 2 heterocycles. The zero-order chi connectivity index (χ0) is 11.3. The first-order chi connectivity index (χ1) is 7.72. The van der Waals surface area contributed by atoms with Crippen LogP contribution in [-0.2, 0) is 20.0 Å². The third kappa shape index (κ3) is 1.20. The maximum atomic E-state index is 5.49. The molecule has 0 fully saturated rings. The molecule has 3 nitrogen and oxygen atoms in total. The van der Waals surface area contributed by atoms with E-state index in [2.05, 4.69) is 32.7 Å². The predicted octanol–water partition coefficient (Wildman–Crippen LogP) is 1.85. The highest BCUT2D eigenvalue weighted by Crippen LogP contribution is 2.26. The summed E-state index contributed by atoms with van der Waals surface area (Å²) in [7, 11) is 4.06. The predicted molar refractivity (Wildman–Crippen MR) is 68.3 cm³/mol. The van der Waals surface area contributed by atoms with Crippen molar-refractivity contribution < 1.29 is 0 Å². The van der Waals surface area contributed by atoms with Gasteiger partial charge in [-0.05, 0) is 37.3 Å². The van der Waals surface area contributed by atoms with E-state index in [1.807, 2.05) is 14.1 Å². The van der Waals surface area contributed by atoms with Gasteiger partial charge in [0.1, 0.15) is 0 Å². The third-order valence-electron chi connectivity index (χ3n) is 3.52. The van der Waals surface area contributed by atoms with Crippen molar-refractivity contribution in [2.75, 3.05) is 7.05 Å². The lowest BCUT2D eigenvalue weighted by Crippen LogP contribution is -2.35. The Hall–Kier alpha value is -1.13. The summed E-state index contributed by atoms with van der Waals surface area (Å²) in [6.45, 7) is 0.976. The highest BCUT2D eigenvalue weighted by Gasteiger charge is 2.21. The van der Waals surface area contributed by atoms with Crippen molar-refractivity contribution in [2.45, 2.75) is 19.0 Å². The van der Waals surface area contributed by atoms with Crippen LogP contribution < -0.4 is 5.32 Å². The molecule has 0 spiro atoms. The number of nitrogens with one attached hydrogen (secondary N) is 1. The number of aryl methyl sites for hydroxylation is 1. The first-order valence-corrected chi connectivity index (χ1v) is 5.97. The second-order valence-electron chi connectivity index (χ2n) is 4.43. The number of hydrogen-bond acceptors (Lipinski definition) is 2. The number of aromatic nitrogens is 2. The Bertz CT molecular complexity index is 608. The van der Waals surface area contributed by atoms with Gasteiger partial charge in [-0.3, -0.25) is 0 Å². The number of benzene rings is 1. The van der Waals surface area contributed by atoms with E-state index in [1.54, 1.807) is 0 Å². The van der Waals surface area contributed by atoms with E-state index in [1.165, 1.54) is 16.6 Å². The highest BCUT2D eigenvalue weighted by molar-refractivity contribution is 7.71. The van der Waals surface area contributed by atoms with Crippen LogP contribution in [0, 0.1) is 4.77 Å². The van der Waals surface area contributed by atoms with Crippen molar-refractivity contribution in [1.29, 1.82) is 0 Å². The summed E-state index contributed by atoms with van der Waals surface area (Å²) in [6, 6.07) is 6.96. The van der Waals surface area contributed by atoms with Crippen LogP contribution in [0.4, 0.5) is 0 Å². The van der Waals surface area contributed by atoms with Crippen LogP contribution in [0.1, 0.15) is 5.56 Å². The van der Waals surface area contributed by atoms with Crippen LogP contribution in [0.15, 0.2) is 18.2 Å². The molecular formula is C12H15N3S. The minimum Gasteiger partial charge on any atom is -0.320 e. The van der Waals surface area contributed by atoms with Crippen LogP contribution in [0.3, 0.4) is 0 Å². The van der Waals surface area contributed by atoms with Crippen molar-refractivity contribution >= 4 is 23.3 Å². The largest absolute Gasteiger partial charge is 0.320 e. The molecule has 1 aromatic carbocycles. The van der Waals surface area contributed by atoms with Crippen molar-refractivity contribution in [3.05, 3.63) is 28.5 Å². The van der Waals surface area contributed by atoms with E-state index in [4.69, 9.17) is 12.2 Å². The van der Waals surface area contributed by atoms with Gasteiger partial charge in [0, 0.05) is 19.6 Å². The number of rotatable bonds is 1. The lowest BCUT2D eigenvalue weighted by molar-refractivity contribution is 0.464. The highest BCUT2D eigenvalue weighted by atomic mass is 32.1. The molecule has 1 aliphatic heterocycles. The maximum absolute atomic E-state index is 5.49. The molecule has 0 amide bonds. The van der Waals surface area contributed by atoms with Crippen LogP contribution in [0.5, 0.6) is 0 Å². The minimum absolute atomic E-state index is 0.493. The molecule has 1 N–H and O–H groups in total. The average molecular weight is 233 g/mol. The van der Waals surface area contributed by atoms with Crippen molar-refractivity contribution in [1.82, 2.24) is 14.5 Å². The molecule has 0 bridgehead atoms. The fourth-order valence-corrected chi connectivity index (χ4v) is 2.88. The summed E-state index contributed by atoms with van der Waals surface area (Å²) in [5, 5.41) is 3.35. The summed E-state index contributed by atoms with van der Waals surface area (Å²) in [4.78, 5) is 0. The van der Waals surface area contributed by atoms with Gasteiger partial charge in [-0.1, -0.05) is 12.1 Å². The number of para-hydroxylation sites is 1. The normalized spacial score (nSPS) is 19.2. The summed E-state index contributed by atoms with van der Waals surface area (Å²) in [6.07, 6.45) is 1.09. The topological polar surface area (TPSA) is 21.9 Å². The second kappa shape index (κ2) is 3.43. The summed E-state index contributed by atoms with van der Waals surface area (Å²) >= 11 is 5.49. The van der Waals surface area contributed by atoms with Gasteiger partial charge in [-0.25, -0.2) is 0 Å². The molecule has 1 atom stereocenters. The molecule has 3 rings (SSSR count). The number of imidazole rings is 1. The lowest BCUT2D eigenvalue weighted by Gasteiger charge is -2.23. The standard InChI is InChI=1S/C12H15N3S/c1-13-9-6-8-4-3-5-10-11(8)15(7-9)12(16)14(10)2/h3-5,9,13H,6-7H2,1-2H3/t9-/m1/s1. The Morgan fingerprint density at radius 2 is 2.25 bits per heavy atom. The third-order valence-corrected chi connectivity index (χ3v) is 4.02. The molecule has 16 heavy (non-hydrogen) atoms. The molecule has 1 aliphatic rings. The quantitative estimate of drug-likeness (QED) is 0.759. The van der Waals surface area contributed by atoms with Crippen LogP contribution >= 0.6 is 12.2 Å². The zero-order valence-electron chi connectivity index (χ0n) is 9.53. The van der Waals surface area contributed by atoms with E-state index < -0.39 is 0 Å². The van der Waals surface area contributed by atoms with Gasteiger partial charge < -0.3 is 14.5 Å². The Morgan fingerprint density at radius 1 is 1.44 bits per heavy atom. The fourth-order valence-electron chi connectivity index (χ4n) is 2.62. The van der Waals surface area contributed by atoms with Crippen molar-refractivity contribution in [2.24, 2.45) is 7.05 Å². The van der Waals surface area contributed by atoms with E-state index in [0.717, 1.165) is 17.7 Å². The van der Waals surface area contributed by atoms with Crippen molar-refractivity contribution in [3.63, 3.8) is 0 Å². The number of likely N-dealkylation sites (N-methyl/N-ethyl adjacent to an activating group) is 1. The van der Waals surface area contributed by atoms with Gasteiger partial charge >= 0.3 is 0 Å². The molecule has 4 heteroatoms. The molecular weight excluding hydrogens is 218 g/mol. The minimum atomic E-state index is 0.493. The van der Waals surface area contributed by atoms with Gasteiger partial charge in [-0.15, -0.1) is 0 Å². The number of nitrogens with zero attached hydrogens (tertiary/aromatic N) is 2. The van der Waals surface area contributed by atoms with E-state index in [9.17, 15) is 0 Å². The molecule has 0 aliphatic carbocycles. The van der Waals surface area contributed by atoms with Gasteiger partial charge in [0.15, 0.2) is 4.77 Å². The Kier molecular flexibility index (Phi) is 2.16. The van der Waals surface area contributed by atoms with E-state index in [-0.39, 0.29) is 0 Å². The first-order valence-electron chi connectivity index (χ1n) is 5.56. The van der Waals surface area contributed by atoms with Crippen LogP contribution in [0.25, 0.3) is 11.0 Å². The molecule has 0 saturated heterocycles. The summed E-state index contributed by atoms with van der Waals surface area (Å²) in [5.41, 5.74) is 3.97. The van der Waals surface area contributed by atoms with E-state index >= 15 is 0 Å². The molecule has 1 aromatic heterocycles. The van der Waals surface area contributed by atoms with Gasteiger partial charge in [-0.2, -0.15) is 0 Å². The summed E-state index contributed by atoms with van der Waals surface area (Å²) < 4.78 is 5.28. The maximum Gasteiger partial charge on any atom is 0.180 e. The lowest BCUT2D eigenvalue weighted by atomic mass is 10.0. The Balaban J connectivity index is 2.38. The van der Waals surface area contributed by atoms with Gasteiger partial charge in [0.05, 0.1) is 11.0 Å². The molecule has 84 valence electrons. The molecule has 0 unspecified atom stereocenters. The van der Waals surface area contributed by atoms with Crippen molar-refractivity contribution in [3.8, 4) is 0 Å².